The lowest BCUT2D eigenvalue weighted by Gasteiger charge is -2.44. The van der Waals surface area contributed by atoms with Crippen molar-refractivity contribution in [1.82, 2.24) is 0 Å². The SMILES string of the molecule is CC.COC1CC(C)CCC1C(C)(C)c1ccccc1. The Morgan fingerprint density at radius 3 is 2.20 bits per heavy atom. The largest absolute Gasteiger partial charge is 0.381 e. The number of hydrogen-bond donors (Lipinski definition) is 0. The van der Waals surface area contributed by atoms with Crippen LogP contribution >= 0.6 is 0 Å². The minimum Gasteiger partial charge on any atom is -0.381 e. The van der Waals surface area contributed by atoms with Gasteiger partial charge in [0.25, 0.3) is 0 Å². The summed E-state index contributed by atoms with van der Waals surface area (Å²) in [7, 11) is 1.87. The van der Waals surface area contributed by atoms with E-state index >= 15 is 0 Å². The Morgan fingerprint density at radius 2 is 1.65 bits per heavy atom. The third-order valence-corrected chi connectivity index (χ3v) is 4.80. The van der Waals surface area contributed by atoms with E-state index < -0.39 is 0 Å². The molecule has 1 fully saturated rings. The molecule has 114 valence electrons. The van der Waals surface area contributed by atoms with Crippen molar-refractivity contribution in [3.63, 3.8) is 0 Å². The number of hydrogen-bond acceptors (Lipinski definition) is 1. The Kier molecular flexibility index (Phi) is 6.75. The molecule has 0 saturated heterocycles. The van der Waals surface area contributed by atoms with Crippen LogP contribution in [0.1, 0.15) is 59.4 Å². The molecular weight excluding hydrogens is 244 g/mol. The standard InChI is InChI=1S/C17H26O.C2H6/c1-13-10-11-15(16(12-13)18-4)17(2,3)14-8-6-5-7-9-14;1-2/h5-9,13,15-16H,10-12H2,1-4H3;1-2H3. The van der Waals surface area contributed by atoms with Gasteiger partial charge in [-0.05, 0) is 35.7 Å². The summed E-state index contributed by atoms with van der Waals surface area (Å²) in [6.45, 7) is 11.1. The highest BCUT2D eigenvalue weighted by Crippen LogP contribution is 2.43. The topological polar surface area (TPSA) is 9.23 Å². The van der Waals surface area contributed by atoms with Crippen LogP contribution in [0.25, 0.3) is 0 Å². The van der Waals surface area contributed by atoms with E-state index in [0.717, 1.165) is 5.92 Å². The smallest absolute Gasteiger partial charge is 0.0610 e. The maximum absolute atomic E-state index is 5.78. The van der Waals surface area contributed by atoms with Crippen molar-refractivity contribution in [1.29, 1.82) is 0 Å². The molecule has 0 radical (unpaired) electrons. The van der Waals surface area contributed by atoms with Gasteiger partial charge in [0.2, 0.25) is 0 Å². The van der Waals surface area contributed by atoms with Gasteiger partial charge in [-0.25, -0.2) is 0 Å². The first kappa shape index (κ1) is 17.2. The molecule has 3 unspecified atom stereocenters. The molecule has 0 N–H and O–H groups in total. The average molecular weight is 276 g/mol. The van der Waals surface area contributed by atoms with Gasteiger partial charge in [0.1, 0.15) is 0 Å². The highest BCUT2D eigenvalue weighted by Gasteiger charge is 2.39. The van der Waals surface area contributed by atoms with Crippen molar-refractivity contribution < 1.29 is 4.74 Å². The van der Waals surface area contributed by atoms with E-state index in [1.807, 2.05) is 21.0 Å². The summed E-state index contributed by atoms with van der Waals surface area (Å²) >= 11 is 0. The van der Waals surface area contributed by atoms with E-state index in [-0.39, 0.29) is 5.41 Å². The normalized spacial score (nSPS) is 26.6. The van der Waals surface area contributed by atoms with E-state index in [9.17, 15) is 0 Å². The lowest BCUT2D eigenvalue weighted by atomic mass is 9.64. The van der Waals surface area contributed by atoms with Crippen LogP contribution in [0.4, 0.5) is 0 Å². The van der Waals surface area contributed by atoms with Crippen molar-refractivity contribution >= 4 is 0 Å². The Morgan fingerprint density at radius 1 is 1.05 bits per heavy atom. The molecule has 1 saturated carbocycles. The zero-order valence-corrected chi connectivity index (χ0v) is 14.1. The van der Waals surface area contributed by atoms with Gasteiger partial charge in [-0.2, -0.15) is 0 Å². The summed E-state index contributed by atoms with van der Waals surface area (Å²) in [5, 5.41) is 0. The zero-order valence-electron chi connectivity index (χ0n) is 14.1. The lowest BCUT2D eigenvalue weighted by Crippen LogP contribution is -2.42. The fourth-order valence-electron chi connectivity index (χ4n) is 3.50. The van der Waals surface area contributed by atoms with Crippen molar-refractivity contribution in [3.05, 3.63) is 35.9 Å². The quantitative estimate of drug-likeness (QED) is 0.714. The molecule has 0 aliphatic heterocycles. The van der Waals surface area contributed by atoms with Crippen LogP contribution in [-0.4, -0.2) is 13.2 Å². The van der Waals surface area contributed by atoms with Gasteiger partial charge in [0.05, 0.1) is 6.10 Å². The third-order valence-electron chi connectivity index (χ3n) is 4.80. The van der Waals surface area contributed by atoms with Gasteiger partial charge in [-0.1, -0.05) is 71.4 Å². The van der Waals surface area contributed by atoms with Gasteiger partial charge in [0.15, 0.2) is 0 Å². The van der Waals surface area contributed by atoms with Crippen LogP contribution in [0.2, 0.25) is 0 Å². The predicted octanol–water partition coefficient (Wildman–Crippen LogP) is 5.44. The van der Waals surface area contributed by atoms with Crippen molar-refractivity contribution in [2.24, 2.45) is 11.8 Å². The Labute approximate surface area is 125 Å². The fourth-order valence-corrected chi connectivity index (χ4v) is 3.50. The molecule has 1 aromatic rings. The van der Waals surface area contributed by atoms with E-state index in [1.54, 1.807) is 0 Å². The van der Waals surface area contributed by atoms with Crippen molar-refractivity contribution in [2.75, 3.05) is 7.11 Å². The highest BCUT2D eigenvalue weighted by molar-refractivity contribution is 5.25. The molecule has 1 aromatic carbocycles. The van der Waals surface area contributed by atoms with Crippen LogP contribution in [0, 0.1) is 11.8 Å². The number of ether oxygens (including phenoxy) is 1. The minimum atomic E-state index is 0.197. The Balaban J connectivity index is 0.000000956. The molecule has 0 amide bonds. The maximum Gasteiger partial charge on any atom is 0.0610 e. The van der Waals surface area contributed by atoms with E-state index in [4.69, 9.17) is 4.74 Å². The molecule has 3 atom stereocenters. The van der Waals surface area contributed by atoms with Crippen LogP contribution in [0.5, 0.6) is 0 Å². The monoisotopic (exact) mass is 276 g/mol. The second-order valence-corrected chi connectivity index (χ2v) is 6.39. The first-order chi connectivity index (χ1) is 9.55. The molecule has 1 aliphatic rings. The molecule has 1 aliphatic carbocycles. The summed E-state index contributed by atoms with van der Waals surface area (Å²) in [5.41, 5.74) is 1.63. The van der Waals surface area contributed by atoms with Crippen LogP contribution in [0.3, 0.4) is 0 Å². The van der Waals surface area contributed by atoms with Gasteiger partial charge < -0.3 is 4.74 Å². The average Bonchev–Trinajstić information content (AvgIpc) is 2.49. The molecule has 1 heteroatoms. The van der Waals surface area contributed by atoms with Gasteiger partial charge >= 0.3 is 0 Å². The molecular formula is C19H32O. The Hall–Kier alpha value is -0.820. The molecule has 1 nitrogen and oxygen atoms in total. The van der Waals surface area contributed by atoms with Crippen LogP contribution in [0.15, 0.2) is 30.3 Å². The second kappa shape index (κ2) is 7.83. The number of rotatable bonds is 3. The van der Waals surface area contributed by atoms with Gasteiger partial charge in [0, 0.05) is 7.11 Å². The summed E-state index contributed by atoms with van der Waals surface area (Å²) in [5.74, 6) is 1.43. The first-order valence-corrected chi connectivity index (χ1v) is 8.14. The lowest BCUT2D eigenvalue weighted by molar-refractivity contribution is -0.0194. The van der Waals surface area contributed by atoms with Gasteiger partial charge in [-0.15, -0.1) is 0 Å². The highest BCUT2D eigenvalue weighted by atomic mass is 16.5. The molecule has 0 aromatic heterocycles. The molecule has 0 spiro atoms. The summed E-state index contributed by atoms with van der Waals surface area (Å²) < 4.78 is 5.78. The minimum absolute atomic E-state index is 0.197. The predicted molar refractivity (Wildman–Crippen MR) is 88.1 cm³/mol. The maximum atomic E-state index is 5.78. The molecule has 2 rings (SSSR count). The Bertz CT molecular complexity index is 369. The van der Waals surface area contributed by atoms with Crippen LogP contribution in [-0.2, 0) is 10.2 Å². The van der Waals surface area contributed by atoms with E-state index in [1.165, 1.54) is 24.8 Å². The number of methoxy groups -OCH3 is 1. The van der Waals surface area contributed by atoms with Crippen molar-refractivity contribution in [3.8, 4) is 0 Å². The second-order valence-electron chi connectivity index (χ2n) is 6.39. The number of benzene rings is 1. The third kappa shape index (κ3) is 3.85. The molecule has 0 heterocycles. The summed E-state index contributed by atoms with van der Waals surface area (Å²) in [6, 6.07) is 10.9. The van der Waals surface area contributed by atoms with Crippen molar-refractivity contribution in [2.45, 2.75) is 65.4 Å². The fraction of sp³-hybridized carbons (Fsp3) is 0.684. The summed E-state index contributed by atoms with van der Waals surface area (Å²) in [6.07, 6.45) is 4.23. The zero-order chi connectivity index (χ0) is 15.2. The molecule has 0 bridgehead atoms. The van der Waals surface area contributed by atoms with E-state index in [2.05, 4.69) is 51.1 Å². The van der Waals surface area contributed by atoms with Crippen LogP contribution < -0.4 is 0 Å². The van der Waals surface area contributed by atoms with E-state index in [0.29, 0.717) is 12.0 Å². The molecule has 20 heavy (non-hydrogen) atoms. The summed E-state index contributed by atoms with van der Waals surface area (Å²) in [4.78, 5) is 0. The first-order valence-electron chi connectivity index (χ1n) is 8.14. The van der Waals surface area contributed by atoms with Gasteiger partial charge in [-0.3, -0.25) is 0 Å².